The van der Waals surface area contributed by atoms with Crippen LogP contribution in [0.2, 0.25) is 0 Å². The molecule has 0 aliphatic carbocycles. The molecule has 0 saturated heterocycles. The average Bonchev–Trinajstić information content (AvgIpc) is 2.92. The minimum absolute atomic E-state index is 0.0131. The molecule has 0 fully saturated rings. The van der Waals surface area contributed by atoms with Gasteiger partial charge in [-0.2, -0.15) is 0 Å². The number of aromatic nitrogens is 2. The van der Waals surface area contributed by atoms with Gasteiger partial charge in [-0.05, 0) is 66.9 Å². The van der Waals surface area contributed by atoms with Crippen molar-refractivity contribution in [3.8, 4) is 5.69 Å². The number of aryl methyl sites for hydroxylation is 1. The first-order valence-corrected chi connectivity index (χ1v) is 12.1. The molecular formula is C28H24F2N4O4. The molecule has 1 aliphatic rings. The molecule has 8 nitrogen and oxygen atoms in total. The summed E-state index contributed by atoms with van der Waals surface area (Å²) < 4.78 is 28.3. The van der Waals surface area contributed by atoms with Crippen LogP contribution in [0.15, 0.2) is 76.5 Å². The van der Waals surface area contributed by atoms with Crippen LogP contribution in [0.1, 0.15) is 42.3 Å². The molecule has 1 aromatic heterocycles. The van der Waals surface area contributed by atoms with E-state index in [1.54, 1.807) is 30.3 Å². The number of hydrogen-bond acceptors (Lipinski definition) is 6. The quantitative estimate of drug-likeness (QED) is 0.333. The molecular weight excluding hydrogens is 494 g/mol. The summed E-state index contributed by atoms with van der Waals surface area (Å²) in [6.07, 6.45) is 1.30. The predicted octanol–water partition coefficient (Wildman–Crippen LogP) is 4.48. The lowest BCUT2D eigenvalue weighted by atomic mass is 10.1. The van der Waals surface area contributed by atoms with Crippen molar-refractivity contribution in [2.45, 2.75) is 31.7 Å². The number of hydroxylamine groups is 1. The lowest BCUT2D eigenvalue weighted by Gasteiger charge is -2.22. The van der Waals surface area contributed by atoms with Crippen molar-refractivity contribution in [3.63, 3.8) is 0 Å². The van der Waals surface area contributed by atoms with Gasteiger partial charge in [0, 0.05) is 18.4 Å². The molecule has 0 spiro atoms. The van der Waals surface area contributed by atoms with Crippen LogP contribution in [0.25, 0.3) is 16.6 Å². The number of hydrogen-bond donors (Lipinski definition) is 2. The molecule has 5 rings (SSSR count). The predicted molar refractivity (Wildman–Crippen MR) is 137 cm³/mol. The second kappa shape index (κ2) is 10.9. The number of nitrogens with one attached hydrogen (secondary N) is 1. The largest absolute Gasteiger partial charge is 0.481 e. The Bertz CT molecular complexity index is 1570. The Kier molecular flexibility index (Phi) is 7.23. The van der Waals surface area contributed by atoms with Gasteiger partial charge in [0.25, 0.3) is 5.56 Å². The van der Waals surface area contributed by atoms with Crippen molar-refractivity contribution >= 4 is 22.7 Å². The molecule has 0 saturated carbocycles. The number of carboxylic acid groups (broad SMARTS) is 1. The molecule has 1 aliphatic heterocycles. The molecule has 0 radical (unpaired) electrons. The van der Waals surface area contributed by atoms with Gasteiger partial charge in [0.2, 0.25) is 0 Å². The number of carboxylic acids is 1. The SMILES string of the molecule is O=C(O)CCCCc1nc2cc(C3=N[C@@H](c4ccc(F)cc4)CON3)ccc2c(=O)n1-c1ccc(F)cc1. The normalized spacial score (nSPS) is 15.2. The molecule has 2 N–H and O–H groups in total. The molecule has 4 aromatic rings. The minimum Gasteiger partial charge on any atom is -0.481 e. The zero-order chi connectivity index (χ0) is 26.6. The van der Waals surface area contributed by atoms with E-state index < -0.39 is 11.8 Å². The first-order chi connectivity index (χ1) is 18.4. The third-order valence-corrected chi connectivity index (χ3v) is 6.29. The van der Waals surface area contributed by atoms with Crippen LogP contribution in [0, 0.1) is 11.6 Å². The fourth-order valence-corrected chi connectivity index (χ4v) is 4.36. The van der Waals surface area contributed by atoms with E-state index in [1.165, 1.54) is 41.0 Å². The highest BCUT2D eigenvalue weighted by Crippen LogP contribution is 2.23. The van der Waals surface area contributed by atoms with E-state index in [2.05, 4.69) is 5.48 Å². The molecule has 0 amide bonds. The van der Waals surface area contributed by atoms with Gasteiger partial charge < -0.3 is 5.11 Å². The van der Waals surface area contributed by atoms with E-state index in [1.807, 2.05) is 0 Å². The first kappa shape index (κ1) is 25.2. The number of rotatable bonds is 8. The summed E-state index contributed by atoms with van der Waals surface area (Å²) in [7, 11) is 0. The molecule has 2 heterocycles. The standard InChI is InChI=1S/C28H24F2N4O4/c29-19-8-5-17(6-9-19)24-16-38-33-27(32-24)18-7-14-22-23(15-18)31-25(3-1-2-4-26(35)36)34(28(22)37)21-12-10-20(30)11-13-21/h5-15,24H,1-4,16H2,(H,32,33)(H,35,36)/t24-/m1/s1. The van der Waals surface area contributed by atoms with Crippen LogP contribution in [0.5, 0.6) is 0 Å². The van der Waals surface area contributed by atoms with Crippen LogP contribution in [0.3, 0.4) is 0 Å². The summed E-state index contributed by atoms with van der Waals surface area (Å²) in [6, 6.07) is 16.4. The summed E-state index contributed by atoms with van der Waals surface area (Å²) in [5, 5.41) is 9.32. The van der Waals surface area contributed by atoms with E-state index in [-0.39, 0.29) is 30.4 Å². The Morgan fingerprint density at radius 2 is 1.74 bits per heavy atom. The first-order valence-electron chi connectivity index (χ1n) is 12.1. The maximum atomic E-state index is 13.6. The van der Waals surface area contributed by atoms with Crippen LogP contribution in [-0.4, -0.2) is 33.1 Å². The zero-order valence-corrected chi connectivity index (χ0v) is 20.2. The van der Waals surface area contributed by atoms with Crippen LogP contribution in [-0.2, 0) is 16.1 Å². The lowest BCUT2D eigenvalue weighted by Crippen LogP contribution is -2.32. The number of aliphatic carboxylic acids is 1. The molecule has 0 unspecified atom stereocenters. The van der Waals surface area contributed by atoms with E-state index in [0.717, 1.165) is 5.56 Å². The summed E-state index contributed by atoms with van der Waals surface area (Å²) in [5.41, 5.74) is 4.84. The number of nitrogens with zero attached hydrogens (tertiary/aromatic N) is 3. The van der Waals surface area contributed by atoms with Crippen molar-refractivity contribution in [1.29, 1.82) is 0 Å². The van der Waals surface area contributed by atoms with Gasteiger partial charge in [-0.15, -0.1) is 0 Å². The van der Waals surface area contributed by atoms with Crippen molar-refractivity contribution in [1.82, 2.24) is 15.0 Å². The highest BCUT2D eigenvalue weighted by molar-refractivity contribution is 6.01. The molecule has 38 heavy (non-hydrogen) atoms. The smallest absolute Gasteiger partial charge is 0.303 e. The summed E-state index contributed by atoms with van der Waals surface area (Å²) in [4.78, 5) is 39.5. The number of carbonyl (C=O) groups is 1. The second-order valence-corrected chi connectivity index (χ2v) is 8.94. The van der Waals surface area contributed by atoms with Gasteiger partial charge in [0.15, 0.2) is 5.84 Å². The van der Waals surface area contributed by atoms with Gasteiger partial charge in [0.1, 0.15) is 30.1 Å². The minimum atomic E-state index is -0.890. The molecule has 1 atom stereocenters. The molecule has 3 aromatic carbocycles. The Morgan fingerprint density at radius 1 is 1.03 bits per heavy atom. The highest BCUT2D eigenvalue weighted by atomic mass is 19.1. The molecule has 0 bridgehead atoms. The zero-order valence-electron chi connectivity index (χ0n) is 20.2. The van der Waals surface area contributed by atoms with E-state index >= 15 is 0 Å². The topological polar surface area (TPSA) is 106 Å². The Morgan fingerprint density at radius 3 is 2.45 bits per heavy atom. The van der Waals surface area contributed by atoms with Crippen molar-refractivity contribution in [2.75, 3.05) is 6.61 Å². The van der Waals surface area contributed by atoms with Gasteiger partial charge in [-0.1, -0.05) is 18.2 Å². The molecule has 10 heteroatoms. The van der Waals surface area contributed by atoms with Gasteiger partial charge >= 0.3 is 5.97 Å². The van der Waals surface area contributed by atoms with Gasteiger partial charge in [-0.3, -0.25) is 24.0 Å². The van der Waals surface area contributed by atoms with E-state index in [9.17, 15) is 18.4 Å². The van der Waals surface area contributed by atoms with Gasteiger partial charge in [-0.25, -0.2) is 19.2 Å². The lowest BCUT2D eigenvalue weighted by molar-refractivity contribution is -0.137. The maximum Gasteiger partial charge on any atom is 0.303 e. The fraction of sp³-hybridized carbons (Fsp3) is 0.214. The Balaban J connectivity index is 1.54. The summed E-state index contributed by atoms with van der Waals surface area (Å²) >= 11 is 0. The Hall–Kier alpha value is -4.44. The van der Waals surface area contributed by atoms with E-state index in [0.29, 0.717) is 53.1 Å². The number of fused-ring (bicyclic) bond motifs is 1. The van der Waals surface area contributed by atoms with Crippen molar-refractivity contribution < 1.29 is 23.5 Å². The average molecular weight is 519 g/mol. The van der Waals surface area contributed by atoms with Crippen molar-refractivity contribution in [2.24, 2.45) is 4.99 Å². The van der Waals surface area contributed by atoms with E-state index in [4.69, 9.17) is 19.9 Å². The van der Waals surface area contributed by atoms with Crippen LogP contribution in [0.4, 0.5) is 8.78 Å². The number of benzene rings is 3. The third kappa shape index (κ3) is 5.45. The number of unbranched alkanes of at least 4 members (excludes halogenated alkanes) is 1. The monoisotopic (exact) mass is 518 g/mol. The second-order valence-electron chi connectivity index (χ2n) is 8.94. The number of halogens is 2. The fourth-order valence-electron chi connectivity index (χ4n) is 4.36. The van der Waals surface area contributed by atoms with Crippen molar-refractivity contribution in [3.05, 3.63) is 106 Å². The maximum absolute atomic E-state index is 13.6. The highest BCUT2D eigenvalue weighted by Gasteiger charge is 2.20. The van der Waals surface area contributed by atoms with Gasteiger partial charge in [0.05, 0.1) is 16.6 Å². The van der Waals surface area contributed by atoms with Crippen LogP contribution >= 0.6 is 0 Å². The number of aliphatic imine (C=N–C) groups is 1. The number of amidine groups is 1. The Labute approximate surface area is 216 Å². The molecule has 194 valence electrons. The summed E-state index contributed by atoms with van der Waals surface area (Å²) in [5.74, 6) is -0.766. The third-order valence-electron chi connectivity index (χ3n) is 6.29. The van der Waals surface area contributed by atoms with Crippen LogP contribution < -0.4 is 11.0 Å². The summed E-state index contributed by atoms with van der Waals surface area (Å²) in [6.45, 7) is 0.268.